The fourth-order valence-electron chi connectivity index (χ4n) is 5.19. The number of pyridine rings is 1. The zero-order valence-corrected chi connectivity index (χ0v) is 20.7. The number of thiophene rings is 1. The van der Waals surface area contributed by atoms with Crippen LogP contribution in [0, 0.1) is 11.3 Å². The van der Waals surface area contributed by atoms with Crippen molar-refractivity contribution >= 4 is 42.3 Å². The van der Waals surface area contributed by atoms with Gasteiger partial charge in [-0.15, -0.1) is 11.3 Å². The van der Waals surface area contributed by atoms with Crippen molar-refractivity contribution < 1.29 is 0 Å². The van der Waals surface area contributed by atoms with E-state index in [9.17, 15) is 5.26 Å². The maximum atomic E-state index is 9.18. The number of nitrogens with zero attached hydrogens (tertiary/aromatic N) is 2. The minimum atomic E-state index is 0.569. The fraction of sp³-hybridized carbons (Fsp3) is 0. The molecule has 0 amide bonds. The van der Waals surface area contributed by atoms with Gasteiger partial charge in [-0.1, -0.05) is 91.0 Å². The molecule has 0 bridgehead atoms. The van der Waals surface area contributed by atoms with Gasteiger partial charge in [-0.3, -0.25) is 4.98 Å². The molecule has 0 unspecified atom stereocenters. The molecule has 2 nitrogen and oxygen atoms in total. The van der Waals surface area contributed by atoms with Gasteiger partial charge in [0.2, 0.25) is 0 Å². The first-order valence-electron chi connectivity index (χ1n) is 12.2. The van der Waals surface area contributed by atoms with Crippen molar-refractivity contribution in [3.63, 3.8) is 0 Å². The fourth-order valence-corrected chi connectivity index (χ4v) is 6.39. The third kappa shape index (κ3) is 3.67. The molecule has 7 aromatic rings. The maximum absolute atomic E-state index is 9.18. The zero-order chi connectivity index (χ0) is 24.8. The Morgan fingerprint density at radius 3 is 2.03 bits per heavy atom. The summed E-state index contributed by atoms with van der Waals surface area (Å²) in [6.45, 7) is 0. The third-order valence-electron chi connectivity index (χ3n) is 6.98. The van der Waals surface area contributed by atoms with Gasteiger partial charge in [0.1, 0.15) is 6.07 Å². The molecular formula is C34H20N2S. The molecule has 37 heavy (non-hydrogen) atoms. The van der Waals surface area contributed by atoms with Crippen molar-refractivity contribution in [2.75, 3.05) is 0 Å². The predicted molar refractivity (Wildman–Crippen MR) is 156 cm³/mol. The molecule has 0 N–H and O–H groups in total. The van der Waals surface area contributed by atoms with Crippen LogP contribution < -0.4 is 0 Å². The number of fused-ring (bicyclic) bond motifs is 5. The van der Waals surface area contributed by atoms with Gasteiger partial charge in [-0.2, -0.15) is 5.26 Å². The first-order valence-corrected chi connectivity index (χ1v) is 13.0. The van der Waals surface area contributed by atoms with E-state index in [0.717, 1.165) is 11.1 Å². The first-order chi connectivity index (χ1) is 18.3. The van der Waals surface area contributed by atoms with E-state index in [4.69, 9.17) is 0 Å². The van der Waals surface area contributed by atoms with Gasteiger partial charge >= 0.3 is 0 Å². The predicted octanol–water partition coefficient (Wildman–Crippen LogP) is 9.48. The van der Waals surface area contributed by atoms with Crippen LogP contribution >= 0.6 is 11.3 Å². The number of benzene rings is 5. The van der Waals surface area contributed by atoms with Gasteiger partial charge in [-0.05, 0) is 56.8 Å². The van der Waals surface area contributed by atoms with Crippen LogP contribution in [0.2, 0.25) is 0 Å². The number of rotatable bonds is 3. The Kier molecular flexibility index (Phi) is 5.06. The van der Waals surface area contributed by atoms with E-state index < -0.39 is 0 Å². The molecule has 0 radical (unpaired) electrons. The minimum absolute atomic E-state index is 0.569. The van der Waals surface area contributed by atoms with E-state index in [1.165, 1.54) is 53.2 Å². The van der Waals surface area contributed by atoms with Crippen molar-refractivity contribution in [1.82, 2.24) is 4.98 Å². The molecule has 0 spiro atoms. The molecule has 0 fully saturated rings. The van der Waals surface area contributed by atoms with E-state index in [1.54, 1.807) is 12.4 Å². The smallest absolute Gasteiger partial charge is 0.101 e. The Morgan fingerprint density at radius 2 is 1.24 bits per heavy atom. The van der Waals surface area contributed by atoms with Crippen LogP contribution in [0.5, 0.6) is 0 Å². The number of aromatic nitrogens is 1. The van der Waals surface area contributed by atoms with Crippen molar-refractivity contribution in [2.45, 2.75) is 0 Å². The summed E-state index contributed by atoms with van der Waals surface area (Å²) in [4.78, 5) is 4.19. The standard InChI is InChI=1S/C34H20N2S/c35-19-22-16-27(21-36-20-22)24-12-10-23(11-13-24)26-14-15-30-32(17-26)37-33-18-31(25-6-2-1-3-7-25)28-8-4-5-9-29(28)34(30)33/h1-18,20-21H. The first kappa shape index (κ1) is 21.5. The highest BCUT2D eigenvalue weighted by molar-refractivity contribution is 7.26. The Balaban J connectivity index is 1.35. The normalized spacial score (nSPS) is 11.2. The highest BCUT2D eigenvalue weighted by atomic mass is 32.1. The van der Waals surface area contributed by atoms with E-state index in [1.807, 2.05) is 17.4 Å². The van der Waals surface area contributed by atoms with E-state index in [2.05, 4.69) is 114 Å². The van der Waals surface area contributed by atoms with Crippen LogP contribution in [0.3, 0.4) is 0 Å². The van der Waals surface area contributed by atoms with Crippen LogP contribution in [-0.2, 0) is 0 Å². The van der Waals surface area contributed by atoms with Crippen molar-refractivity contribution in [3.05, 3.63) is 127 Å². The Labute approximate surface area is 218 Å². The number of hydrogen-bond acceptors (Lipinski definition) is 3. The highest BCUT2D eigenvalue weighted by Crippen LogP contribution is 2.43. The largest absolute Gasteiger partial charge is 0.263 e. The molecular weight excluding hydrogens is 468 g/mol. The SMILES string of the molecule is N#Cc1cncc(-c2ccc(-c3ccc4c(c3)sc3cc(-c5ccccc5)c5ccccc5c34)cc2)c1. The maximum Gasteiger partial charge on any atom is 0.101 e. The Morgan fingerprint density at radius 1 is 0.541 bits per heavy atom. The molecule has 0 aliphatic rings. The molecule has 2 aromatic heterocycles. The third-order valence-corrected chi connectivity index (χ3v) is 8.08. The second kappa shape index (κ2) is 8.71. The van der Waals surface area contributed by atoms with Gasteiger partial charge in [0.25, 0.3) is 0 Å². The van der Waals surface area contributed by atoms with Gasteiger partial charge in [0.05, 0.1) is 5.56 Å². The second-order valence-corrected chi connectivity index (χ2v) is 10.3. The van der Waals surface area contributed by atoms with E-state index >= 15 is 0 Å². The lowest BCUT2D eigenvalue weighted by Crippen LogP contribution is -1.84. The Bertz CT molecular complexity index is 1980. The summed E-state index contributed by atoms with van der Waals surface area (Å²) in [7, 11) is 0. The highest BCUT2D eigenvalue weighted by Gasteiger charge is 2.14. The summed E-state index contributed by atoms with van der Waals surface area (Å²) in [6.07, 6.45) is 3.39. The van der Waals surface area contributed by atoms with Crippen molar-refractivity contribution in [2.24, 2.45) is 0 Å². The lowest BCUT2D eigenvalue weighted by atomic mass is 9.94. The second-order valence-electron chi connectivity index (χ2n) is 9.17. The summed E-state index contributed by atoms with van der Waals surface area (Å²) in [5.41, 5.74) is 7.46. The van der Waals surface area contributed by atoms with Crippen LogP contribution in [0.25, 0.3) is 64.3 Å². The van der Waals surface area contributed by atoms with E-state index in [0.29, 0.717) is 5.56 Å². The molecule has 172 valence electrons. The lowest BCUT2D eigenvalue weighted by molar-refractivity contribution is 1.30. The molecule has 7 rings (SSSR count). The van der Waals surface area contributed by atoms with Gasteiger partial charge in [0.15, 0.2) is 0 Å². The van der Waals surface area contributed by atoms with Crippen molar-refractivity contribution in [1.29, 1.82) is 5.26 Å². The number of hydrogen-bond donors (Lipinski definition) is 0. The van der Waals surface area contributed by atoms with Gasteiger partial charge in [0, 0.05) is 38.1 Å². The summed E-state index contributed by atoms with van der Waals surface area (Å²) < 4.78 is 2.60. The molecule has 0 saturated heterocycles. The molecule has 0 atom stereocenters. The van der Waals surface area contributed by atoms with Crippen molar-refractivity contribution in [3.8, 4) is 39.4 Å². The summed E-state index contributed by atoms with van der Waals surface area (Å²) in [5, 5.41) is 14.4. The molecule has 5 aromatic carbocycles. The summed E-state index contributed by atoms with van der Waals surface area (Å²) in [5.74, 6) is 0. The minimum Gasteiger partial charge on any atom is -0.263 e. The van der Waals surface area contributed by atoms with Crippen LogP contribution in [0.4, 0.5) is 0 Å². The summed E-state index contributed by atoms with van der Waals surface area (Å²) in [6, 6.07) is 41.1. The van der Waals surface area contributed by atoms with Crippen LogP contribution in [0.15, 0.2) is 122 Å². The average Bonchev–Trinajstić information content (AvgIpc) is 3.35. The monoisotopic (exact) mass is 488 g/mol. The Hall–Kier alpha value is -4.78. The molecule has 3 heteroatoms. The molecule has 0 aliphatic carbocycles. The van der Waals surface area contributed by atoms with Crippen LogP contribution in [0.1, 0.15) is 5.56 Å². The topological polar surface area (TPSA) is 36.7 Å². The lowest BCUT2D eigenvalue weighted by Gasteiger charge is -2.09. The zero-order valence-electron chi connectivity index (χ0n) is 19.8. The van der Waals surface area contributed by atoms with Gasteiger partial charge < -0.3 is 0 Å². The molecule has 2 heterocycles. The molecule has 0 saturated carbocycles. The molecule has 0 aliphatic heterocycles. The average molecular weight is 489 g/mol. The van der Waals surface area contributed by atoms with E-state index in [-0.39, 0.29) is 0 Å². The summed E-state index contributed by atoms with van der Waals surface area (Å²) >= 11 is 1.86. The van der Waals surface area contributed by atoms with Gasteiger partial charge in [-0.25, -0.2) is 0 Å². The number of nitriles is 1. The van der Waals surface area contributed by atoms with Crippen LogP contribution in [-0.4, -0.2) is 4.98 Å². The quantitative estimate of drug-likeness (QED) is 0.248.